The standard InChI is InChI=1S/C12H13BrN4O3/c1-12(2,3)20-11(18)15-10-17-16-9(19-10)7-4-8(13)6-14-5-7/h4-6H,1-3H3,(H,15,17,18). The average Bonchev–Trinajstić information content (AvgIpc) is 2.74. The van der Waals surface area contributed by atoms with E-state index in [0.717, 1.165) is 4.47 Å². The van der Waals surface area contributed by atoms with Crippen molar-refractivity contribution in [3.05, 3.63) is 22.9 Å². The number of anilines is 1. The van der Waals surface area contributed by atoms with E-state index in [-0.39, 0.29) is 11.9 Å². The molecule has 0 bridgehead atoms. The normalized spacial score (nSPS) is 11.2. The van der Waals surface area contributed by atoms with Crippen molar-refractivity contribution in [2.45, 2.75) is 26.4 Å². The number of amides is 1. The van der Waals surface area contributed by atoms with Gasteiger partial charge in [-0.05, 0) is 42.8 Å². The second-order valence-electron chi connectivity index (χ2n) is 4.93. The van der Waals surface area contributed by atoms with E-state index >= 15 is 0 Å². The van der Waals surface area contributed by atoms with Crippen LogP contribution in [0.4, 0.5) is 10.8 Å². The molecule has 20 heavy (non-hydrogen) atoms. The minimum absolute atomic E-state index is 0.0331. The summed E-state index contributed by atoms with van der Waals surface area (Å²) in [5, 5.41) is 9.92. The molecule has 0 aliphatic rings. The van der Waals surface area contributed by atoms with Crippen LogP contribution in [0.1, 0.15) is 20.8 Å². The van der Waals surface area contributed by atoms with Crippen LogP contribution in [-0.4, -0.2) is 26.9 Å². The Balaban J connectivity index is 2.08. The molecule has 2 aromatic rings. The van der Waals surface area contributed by atoms with E-state index in [1.165, 1.54) is 0 Å². The highest BCUT2D eigenvalue weighted by molar-refractivity contribution is 9.10. The minimum atomic E-state index is -0.653. The number of nitrogens with zero attached hydrogens (tertiary/aromatic N) is 3. The van der Waals surface area contributed by atoms with Crippen LogP contribution in [0.2, 0.25) is 0 Å². The Bertz CT molecular complexity index is 621. The van der Waals surface area contributed by atoms with Crippen molar-refractivity contribution in [2.24, 2.45) is 0 Å². The Hall–Kier alpha value is -1.96. The highest BCUT2D eigenvalue weighted by atomic mass is 79.9. The molecule has 106 valence electrons. The molecule has 2 aromatic heterocycles. The maximum absolute atomic E-state index is 11.5. The molecule has 0 atom stereocenters. The predicted octanol–water partition coefficient (Wildman–Crippen LogP) is 3.24. The van der Waals surface area contributed by atoms with Gasteiger partial charge in [-0.2, -0.15) is 0 Å². The molecule has 1 N–H and O–H groups in total. The van der Waals surface area contributed by atoms with Gasteiger partial charge in [-0.1, -0.05) is 5.10 Å². The lowest BCUT2D eigenvalue weighted by Gasteiger charge is -2.18. The Morgan fingerprint density at radius 3 is 2.75 bits per heavy atom. The molecule has 0 radical (unpaired) electrons. The number of pyridine rings is 1. The van der Waals surface area contributed by atoms with Crippen molar-refractivity contribution in [3.8, 4) is 11.5 Å². The van der Waals surface area contributed by atoms with Crippen LogP contribution in [0.5, 0.6) is 0 Å². The molecule has 0 saturated heterocycles. The summed E-state index contributed by atoms with van der Waals surface area (Å²) in [6.45, 7) is 5.29. The molecule has 8 heteroatoms. The van der Waals surface area contributed by atoms with Gasteiger partial charge >= 0.3 is 12.1 Å². The molecule has 0 aliphatic carbocycles. The van der Waals surface area contributed by atoms with E-state index in [1.807, 2.05) is 0 Å². The largest absolute Gasteiger partial charge is 0.443 e. The van der Waals surface area contributed by atoms with Gasteiger partial charge < -0.3 is 9.15 Å². The Labute approximate surface area is 123 Å². The fourth-order valence-electron chi connectivity index (χ4n) is 1.31. The number of hydrogen-bond donors (Lipinski definition) is 1. The molecule has 0 spiro atoms. The second kappa shape index (κ2) is 5.58. The highest BCUT2D eigenvalue weighted by Gasteiger charge is 2.18. The smallest absolute Gasteiger partial charge is 0.415 e. The Morgan fingerprint density at radius 2 is 2.10 bits per heavy atom. The van der Waals surface area contributed by atoms with Crippen molar-refractivity contribution in [1.29, 1.82) is 0 Å². The number of carbonyl (C=O) groups is 1. The molecule has 1 amide bonds. The van der Waals surface area contributed by atoms with Gasteiger partial charge in [0.05, 0.1) is 5.56 Å². The van der Waals surface area contributed by atoms with E-state index < -0.39 is 11.7 Å². The van der Waals surface area contributed by atoms with Gasteiger partial charge in [0.1, 0.15) is 5.60 Å². The number of rotatable bonds is 2. The summed E-state index contributed by atoms with van der Waals surface area (Å²) in [7, 11) is 0. The van der Waals surface area contributed by atoms with Crippen molar-refractivity contribution in [1.82, 2.24) is 15.2 Å². The van der Waals surface area contributed by atoms with E-state index in [1.54, 1.807) is 39.2 Å². The van der Waals surface area contributed by atoms with E-state index in [4.69, 9.17) is 9.15 Å². The van der Waals surface area contributed by atoms with Crippen molar-refractivity contribution in [3.63, 3.8) is 0 Å². The quantitative estimate of drug-likeness (QED) is 0.902. The SMILES string of the molecule is CC(C)(C)OC(=O)Nc1nnc(-c2cncc(Br)c2)o1. The number of halogens is 1. The number of ether oxygens (including phenoxy) is 1. The maximum Gasteiger partial charge on any atom is 0.415 e. The summed E-state index contributed by atoms with van der Waals surface area (Å²) in [5.74, 6) is 0.254. The molecule has 0 unspecified atom stereocenters. The lowest BCUT2D eigenvalue weighted by atomic mass is 10.2. The van der Waals surface area contributed by atoms with Crippen LogP contribution >= 0.6 is 15.9 Å². The van der Waals surface area contributed by atoms with Crippen LogP contribution in [0.25, 0.3) is 11.5 Å². The number of nitrogens with one attached hydrogen (secondary N) is 1. The fourth-order valence-corrected chi connectivity index (χ4v) is 1.67. The molecular weight excluding hydrogens is 328 g/mol. The molecule has 0 saturated carbocycles. The second-order valence-corrected chi connectivity index (χ2v) is 5.85. The van der Waals surface area contributed by atoms with Gasteiger partial charge in [0.15, 0.2) is 0 Å². The first-order valence-corrected chi connectivity index (χ1v) is 6.57. The third-order valence-electron chi connectivity index (χ3n) is 1.98. The maximum atomic E-state index is 11.5. The van der Waals surface area contributed by atoms with Crippen molar-refractivity contribution in [2.75, 3.05) is 5.32 Å². The number of carbonyl (C=O) groups excluding carboxylic acids is 1. The third-order valence-corrected chi connectivity index (χ3v) is 2.42. The Morgan fingerprint density at radius 1 is 1.35 bits per heavy atom. The van der Waals surface area contributed by atoms with Crippen LogP contribution in [0.3, 0.4) is 0 Å². The summed E-state index contributed by atoms with van der Waals surface area (Å²) in [6.07, 6.45) is 2.56. The van der Waals surface area contributed by atoms with Crippen LogP contribution in [0, 0.1) is 0 Å². The Kier molecular flexibility index (Phi) is 4.03. The average molecular weight is 341 g/mol. The van der Waals surface area contributed by atoms with Crippen molar-refractivity contribution < 1.29 is 13.9 Å². The van der Waals surface area contributed by atoms with Gasteiger partial charge in [0.2, 0.25) is 0 Å². The predicted molar refractivity (Wildman–Crippen MR) is 75.1 cm³/mol. The van der Waals surface area contributed by atoms with E-state index in [2.05, 4.69) is 36.4 Å². The first-order chi connectivity index (χ1) is 9.33. The van der Waals surface area contributed by atoms with Crippen LogP contribution < -0.4 is 5.32 Å². The molecular formula is C12H13BrN4O3. The molecule has 0 aliphatic heterocycles. The number of aromatic nitrogens is 3. The highest BCUT2D eigenvalue weighted by Crippen LogP contribution is 2.22. The first-order valence-electron chi connectivity index (χ1n) is 5.78. The monoisotopic (exact) mass is 340 g/mol. The van der Waals surface area contributed by atoms with E-state index in [0.29, 0.717) is 5.56 Å². The van der Waals surface area contributed by atoms with Gasteiger partial charge in [-0.3, -0.25) is 4.98 Å². The minimum Gasteiger partial charge on any atom is -0.443 e. The van der Waals surface area contributed by atoms with Gasteiger partial charge in [-0.25, -0.2) is 10.1 Å². The summed E-state index contributed by atoms with van der Waals surface area (Å²) in [4.78, 5) is 15.5. The van der Waals surface area contributed by atoms with Gasteiger partial charge in [-0.15, -0.1) is 5.10 Å². The fraction of sp³-hybridized carbons (Fsp3) is 0.333. The molecule has 0 fully saturated rings. The molecule has 7 nitrogen and oxygen atoms in total. The van der Waals surface area contributed by atoms with Crippen molar-refractivity contribution >= 4 is 28.0 Å². The summed E-state index contributed by atoms with van der Waals surface area (Å²) in [5.41, 5.74) is 0.0466. The van der Waals surface area contributed by atoms with Crippen LogP contribution in [-0.2, 0) is 4.74 Å². The zero-order valence-corrected chi connectivity index (χ0v) is 12.8. The summed E-state index contributed by atoms with van der Waals surface area (Å²) in [6, 6.07) is 1.74. The first kappa shape index (κ1) is 14.4. The lowest BCUT2D eigenvalue weighted by Crippen LogP contribution is -2.27. The summed E-state index contributed by atoms with van der Waals surface area (Å²) >= 11 is 3.30. The van der Waals surface area contributed by atoms with Gasteiger partial charge in [0.25, 0.3) is 5.89 Å². The summed E-state index contributed by atoms with van der Waals surface area (Å²) < 4.78 is 11.2. The molecule has 0 aromatic carbocycles. The third kappa shape index (κ3) is 4.02. The van der Waals surface area contributed by atoms with Gasteiger partial charge in [0, 0.05) is 16.9 Å². The zero-order chi connectivity index (χ0) is 14.8. The van der Waals surface area contributed by atoms with E-state index in [9.17, 15) is 4.79 Å². The molecule has 2 heterocycles. The number of hydrogen-bond acceptors (Lipinski definition) is 6. The van der Waals surface area contributed by atoms with Crippen LogP contribution in [0.15, 0.2) is 27.3 Å². The topological polar surface area (TPSA) is 90.1 Å². The zero-order valence-electron chi connectivity index (χ0n) is 11.2. The lowest BCUT2D eigenvalue weighted by molar-refractivity contribution is 0.0632. The molecule has 2 rings (SSSR count).